The van der Waals surface area contributed by atoms with Gasteiger partial charge in [0.1, 0.15) is 0 Å². The van der Waals surface area contributed by atoms with Gasteiger partial charge < -0.3 is 5.32 Å². The first kappa shape index (κ1) is 16.7. The maximum Gasteiger partial charge on any atom is 0.0465 e. The Labute approximate surface area is 141 Å². The van der Waals surface area contributed by atoms with E-state index in [4.69, 9.17) is 23.2 Å². The molecule has 0 radical (unpaired) electrons. The molecule has 2 aromatic rings. The van der Waals surface area contributed by atoms with Crippen molar-refractivity contribution < 1.29 is 0 Å². The van der Waals surface area contributed by atoms with Crippen molar-refractivity contribution in [2.24, 2.45) is 0 Å². The maximum absolute atomic E-state index is 6.13. The van der Waals surface area contributed by atoms with Crippen molar-refractivity contribution in [3.8, 4) is 0 Å². The van der Waals surface area contributed by atoms with Crippen LogP contribution in [0.25, 0.3) is 0 Å². The van der Waals surface area contributed by atoms with Gasteiger partial charge in [-0.1, -0.05) is 59.1 Å². The summed E-state index contributed by atoms with van der Waals surface area (Å²) in [6, 6.07) is 14.3. The number of rotatable bonds is 7. The van der Waals surface area contributed by atoms with Crippen molar-refractivity contribution in [3.63, 3.8) is 0 Å². The molecular weight excluding hydrogens is 321 g/mol. The van der Waals surface area contributed by atoms with Gasteiger partial charge in [-0.3, -0.25) is 0 Å². The van der Waals surface area contributed by atoms with Gasteiger partial charge in [-0.25, -0.2) is 0 Å². The van der Waals surface area contributed by atoms with Crippen molar-refractivity contribution >= 4 is 35.0 Å². The quantitative estimate of drug-likeness (QED) is 0.684. The largest absolute Gasteiger partial charge is 0.312 e. The predicted molar refractivity (Wildman–Crippen MR) is 95.5 cm³/mol. The molecule has 112 valence electrons. The molecule has 0 aliphatic heterocycles. The van der Waals surface area contributed by atoms with Gasteiger partial charge in [0.2, 0.25) is 0 Å². The first-order chi connectivity index (χ1) is 10.2. The zero-order valence-electron chi connectivity index (χ0n) is 12.0. The molecule has 0 amide bonds. The fourth-order valence-electron chi connectivity index (χ4n) is 2.05. The van der Waals surface area contributed by atoms with Crippen LogP contribution < -0.4 is 5.32 Å². The summed E-state index contributed by atoms with van der Waals surface area (Å²) in [4.78, 5) is 0. The van der Waals surface area contributed by atoms with Crippen molar-refractivity contribution in [2.75, 3.05) is 12.3 Å². The average molecular weight is 340 g/mol. The monoisotopic (exact) mass is 339 g/mol. The van der Waals surface area contributed by atoms with E-state index in [2.05, 4.69) is 36.5 Å². The highest BCUT2D eigenvalue weighted by atomic mass is 35.5. The number of thioether (sulfide) groups is 1. The summed E-state index contributed by atoms with van der Waals surface area (Å²) < 4.78 is 0. The second-order valence-electron chi connectivity index (χ2n) is 4.92. The molecule has 0 saturated carbocycles. The number of aryl methyl sites for hydroxylation is 1. The van der Waals surface area contributed by atoms with E-state index in [-0.39, 0.29) is 0 Å². The number of halogens is 2. The van der Waals surface area contributed by atoms with Crippen LogP contribution in [0.1, 0.15) is 16.7 Å². The Morgan fingerprint density at radius 3 is 2.48 bits per heavy atom. The van der Waals surface area contributed by atoms with Gasteiger partial charge in [0.15, 0.2) is 0 Å². The highest BCUT2D eigenvalue weighted by molar-refractivity contribution is 7.98. The van der Waals surface area contributed by atoms with E-state index in [0.717, 1.165) is 33.7 Å². The van der Waals surface area contributed by atoms with Crippen LogP contribution in [0.2, 0.25) is 10.0 Å². The Bertz CT molecular complexity index is 567. The van der Waals surface area contributed by atoms with Gasteiger partial charge in [0.25, 0.3) is 0 Å². The van der Waals surface area contributed by atoms with Crippen molar-refractivity contribution in [1.29, 1.82) is 0 Å². The Kier molecular flexibility index (Phi) is 6.91. The molecule has 1 nitrogen and oxygen atoms in total. The van der Waals surface area contributed by atoms with Crippen LogP contribution in [0.5, 0.6) is 0 Å². The number of hydrogen-bond donors (Lipinski definition) is 1. The molecule has 0 saturated heterocycles. The normalized spacial score (nSPS) is 10.8. The molecule has 0 aromatic heterocycles. The molecule has 0 heterocycles. The summed E-state index contributed by atoms with van der Waals surface area (Å²) in [7, 11) is 0. The average Bonchev–Trinajstić information content (AvgIpc) is 2.45. The van der Waals surface area contributed by atoms with Gasteiger partial charge >= 0.3 is 0 Å². The minimum atomic E-state index is 0.712. The van der Waals surface area contributed by atoms with Crippen LogP contribution in [0.15, 0.2) is 42.5 Å². The van der Waals surface area contributed by atoms with Gasteiger partial charge in [-0.15, -0.1) is 0 Å². The third kappa shape index (κ3) is 5.55. The lowest BCUT2D eigenvalue weighted by molar-refractivity contribution is 0.732. The molecule has 21 heavy (non-hydrogen) atoms. The summed E-state index contributed by atoms with van der Waals surface area (Å²) >= 11 is 14.2. The van der Waals surface area contributed by atoms with Crippen molar-refractivity contribution in [3.05, 3.63) is 69.2 Å². The molecule has 0 bridgehead atoms. The summed E-state index contributed by atoms with van der Waals surface area (Å²) in [5, 5.41) is 4.84. The van der Waals surface area contributed by atoms with Crippen LogP contribution in [-0.2, 0) is 12.3 Å². The SMILES string of the molecule is Cc1cccc(CSCCNCc2c(Cl)cccc2Cl)c1. The fourth-order valence-corrected chi connectivity index (χ4v) is 3.43. The molecule has 0 aliphatic carbocycles. The molecule has 0 aliphatic rings. The second kappa shape index (κ2) is 8.70. The third-order valence-electron chi connectivity index (χ3n) is 3.14. The predicted octanol–water partition coefficient (Wildman–Crippen LogP) is 5.32. The third-order valence-corrected chi connectivity index (χ3v) is 4.88. The first-order valence-corrected chi connectivity index (χ1v) is 8.85. The number of hydrogen-bond acceptors (Lipinski definition) is 2. The van der Waals surface area contributed by atoms with Crippen molar-refractivity contribution in [1.82, 2.24) is 5.32 Å². The summed E-state index contributed by atoms with van der Waals surface area (Å²) in [5.74, 6) is 2.12. The molecule has 1 N–H and O–H groups in total. The zero-order chi connectivity index (χ0) is 15.1. The van der Waals surface area contributed by atoms with E-state index in [1.165, 1.54) is 11.1 Å². The zero-order valence-corrected chi connectivity index (χ0v) is 14.4. The minimum Gasteiger partial charge on any atom is -0.312 e. The molecular formula is C17H19Cl2NS. The molecule has 0 fully saturated rings. The fraction of sp³-hybridized carbons (Fsp3) is 0.294. The van der Waals surface area contributed by atoms with E-state index in [1.807, 2.05) is 30.0 Å². The van der Waals surface area contributed by atoms with E-state index in [1.54, 1.807) is 0 Å². The van der Waals surface area contributed by atoms with Gasteiger partial charge in [-0.2, -0.15) is 11.8 Å². The van der Waals surface area contributed by atoms with E-state index < -0.39 is 0 Å². The van der Waals surface area contributed by atoms with E-state index in [9.17, 15) is 0 Å². The van der Waals surface area contributed by atoms with Crippen LogP contribution in [0.4, 0.5) is 0 Å². The Morgan fingerprint density at radius 1 is 1.05 bits per heavy atom. The van der Waals surface area contributed by atoms with E-state index >= 15 is 0 Å². The van der Waals surface area contributed by atoms with Crippen molar-refractivity contribution in [2.45, 2.75) is 19.2 Å². The molecule has 2 aromatic carbocycles. The summed E-state index contributed by atoms with van der Waals surface area (Å²) in [6.07, 6.45) is 0. The standard InChI is InChI=1S/C17H19Cl2NS/c1-13-4-2-5-14(10-13)12-21-9-8-20-11-15-16(18)6-3-7-17(15)19/h2-7,10,20H,8-9,11-12H2,1H3. The molecule has 4 heteroatoms. The molecule has 0 spiro atoms. The van der Waals surface area contributed by atoms with Gasteiger partial charge in [-0.05, 0) is 24.6 Å². The first-order valence-electron chi connectivity index (χ1n) is 6.93. The number of benzene rings is 2. The second-order valence-corrected chi connectivity index (χ2v) is 6.84. The minimum absolute atomic E-state index is 0.712. The van der Waals surface area contributed by atoms with Crippen LogP contribution >= 0.6 is 35.0 Å². The van der Waals surface area contributed by atoms with Gasteiger partial charge in [0.05, 0.1) is 0 Å². The smallest absolute Gasteiger partial charge is 0.0465 e. The number of nitrogens with one attached hydrogen (secondary N) is 1. The lowest BCUT2D eigenvalue weighted by atomic mass is 10.2. The van der Waals surface area contributed by atoms with E-state index in [0.29, 0.717) is 6.54 Å². The van der Waals surface area contributed by atoms with Crippen LogP contribution in [0, 0.1) is 6.92 Å². The lowest BCUT2D eigenvalue weighted by Crippen LogP contribution is -2.17. The maximum atomic E-state index is 6.13. The topological polar surface area (TPSA) is 12.0 Å². The Balaban J connectivity index is 1.66. The highest BCUT2D eigenvalue weighted by Gasteiger charge is 2.04. The molecule has 2 rings (SSSR count). The Hall–Kier alpha value is -0.670. The molecule has 0 atom stereocenters. The Morgan fingerprint density at radius 2 is 1.76 bits per heavy atom. The lowest BCUT2D eigenvalue weighted by Gasteiger charge is -2.08. The summed E-state index contributed by atoms with van der Waals surface area (Å²) in [6.45, 7) is 3.78. The van der Waals surface area contributed by atoms with Crippen LogP contribution in [-0.4, -0.2) is 12.3 Å². The van der Waals surface area contributed by atoms with Gasteiger partial charge in [0, 0.05) is 40.2 Å². The highest BCUT2D eigenvalue weighted by Crippen LogP contribution is 2.23. The van der Waals surface area contributed by atoms with Crippen LogP contribution in [0.3, 0.4) is 0 Å². The summed E-state index contributed by atoms with van der Waals surface area (Å²) in [5.41, 5.74) is 3.68. The molecule has 0 unspecified atom stereocenters.